The maximum atomic E-state index is 12.6. The van der Waals surface area contributed by atoms with Crippen molar-refractivity contribution in [2.45, 2.75) is 19.9 Å². The van der Waals surface area contributed by atoms with Crippen molar-refractivity contribution in [2.75, 3.05) is 16.3 Å². The first-order valence-corrected chi connectivity index (χ1v) is 11.4. The van der Waals surface area contributed by atoms with Crippen LogP contribution in [0.5, 0.6) is 0 Å². The van der Waals surface area contributed by atoms with Gasteiger partial charge >= 0.3 is 4.87 Å². The highest BCUT2D eigenvalue weighted by molar-refractivity contribution is 7.92. The van der Waals surface area contributed by atoms with Crippen LogP contribution in [-0.2, 0) is 10.0 Å². The minimum atomic E-state index is -3.48. The molecule has 10 heteroatoms. The molecule has 0 fully saturated rings. The number of carbonyl (C=O) groups is 1. The summed E-state index contributed by atoms with van der Waals surface area (Å²) in [4.78, 5) is 24.7. The number of aromatic nitrogens is 1. The van der Waals surface area contributed by atoms with Gasteiger partial charge in [0.1, 0.15) is 0 Å². The van der Waals surface area contributed by atoms with E-state index in [-0.39, 0.29) is 27.2 Å². The molecule has 0 aliphatic rings. The van der Waals surface area contributed by atoms with Gasteiger partial charge in [-0.3, -0.25) is 18.9 Å². The summed E-state index contributed by atoms with van der Waals surface area (Å²) >= 11 is 7.21. The Labute approximate surface area is 171 Å². The number of nitrogens with one attached hydrogen (secondary N) is 2. The first kappa shape index (κ1) is 20.4. The second-order valence-electron chi connectivity index (χ2n) is 6.54. The number of fused-ring (bicyclic) bond motifs is 1. The predicted molar refractivity (Wildman–Crippen MR) is 114 cm³/mol. The third kappa shape index (κ3) is 4.37. The summed E-state index contributed by atoms with van der Waals surface area (Å²) in [5.74, 6) is -0.489. The topological polar surface area (TPSA) is 97.3 Å². The molecule has 0 unspecified atom stereocenters. The third-order valence-electron chi connectivity index (χ3n) is 3.90. The molecule has 0 aliphatic heterocycles. The van der Waals surface area contributed by atoms with Crippen LogP contribution in [-0.4, -0.2) is 25.1 Å². The van der Waals surface area contributed by atoms with E-state index in [1.165, 1.54) is 18.2 Å². The van der Waals surface area contributed by atoms with Crippen molar-refractivity contribution >= 4 is 60.5 Å². The maximum absolute atomic E-state index is 12.6. The van der Waals surface area contributed by atoms with Gasteiger partial charge in [0.2, 0.25) is 10.0 Å². The van der Waals surface area contributed by atoms with Crippen molar-refractivity contribution < 1.29 is 13.2 Å². The van der Waals surface area contributed by atoms with E-state index < -0.39 is 15.9 Å². The van der Waals surface area contributed by atoms with Gasteiger partial charge in [0, 0.05) is 17.4 Å². The standard InChI is InChI=1S/C18H18ClN3O4S2/c1-10(2)22-15-7-5-11(9-16(15)27-18(22)24)20-17(23)13-8-12(4-6-14(13)19)21-28(3,25)26/h4-10,21H,1-3H3,(H,20,23). The normalized spacial score (nSPS) is 11.8. The number of rotatable bonds is 5. The third-order valence-corrected chi connectivity index (χ3v) is 5.76. The Kier molecular flexibility index (Phi) is 5.51. The number of nitrogens with zero attached hydrogens (tertiary/aromatic N) is 1. The molecule has 1 heterocycles. The summed E-state index contributed by atoms with van der Waals surface area (Å²) in [5.41, 5.74) is 1.68. The molecule has 0 spiro atoms. The lowest BCUT2D eigenvalue weighted by Crippen LogP contribution is -2.15. The van der Waals surface area contributed by atoms with Gasteiger partial charge in [-0.15, -0.1) is 0 Å². The molecular weight excluding hydrogens is 422 g/mol. The van der Waals surface area contributed by atoms with Gasteiger partial charge in [-0.25, -0.2) is 8.42 Å². The van der Waals surface area contributed by atoms with Crippen LogP contribution in [0.2, 0.25) is 5.02 Å². The average Bonchev–Trinajstić information content (AvgIpc) is 2.90. The maximum Gasteiger partial charge on any atom is 0.308 e. The van der Waals surface area contributed by atoms with Gasteiger partial charge < -0.3 is 5.32 Å². The molecule has 0 radical (unpaired) electrons. The van der Waals surface area contributed by atoms with E-state index in [0.29, 0.717) is 5.69 Å². The number of halogens is 1. The number of thiazole rings is 1. The molecule has 28 heavy (non-hydrogen) atoms. The summed E-state index contributed by atoms with van der Waals surface area (Å²) < 4.78 is 27.5. The number of carbonyl (C=O) groups excluding carboxylic acids is 1. The molecule has 0 atom stereocenters. The van der Waals surface area contributed by atoms with E-state index in [9.17, 15) is 18.0 Å². The summed E-state index contributed by atoms with van der Waals surface area (Å²) in [6.45, 7) is 3.87. The van der Waals surface area contributed by atoms with Crippen molar-refractivity contribution in [3.63, 3.8) is 0 Å². The number of anilines is 2. The van der Waals surface area contributed by atoms with E-state index in [0.717, 1.165) is 27.8 Å². The van der Waals surface area contributed by atoms with Crippen LogP contribution in [0.3, 0.4) is 0 Å². The zero-order chi connectivity index (χ0) is 20.6. The number of benzene rings is 2. The SMILES string of the molecule is CC(C)n1c(=O)sc2cc(NC(=O)c3cc(NS(C)(=O)=O)ccc3Cl)ccc21. The van der Waals surface area contributed by atoms with Crippen LogP contribution in [0.4, 0.5) is 11.4 Å². The lowest BCUT2D eigenvalue weighted by molar-refractivity contribution is 0.102. The Morgan fingerprint density at radius 1 is 1.14 bits per heavy atom. The minimum Gasteiger partial charge on any atom is -0.322 e. The Balaban J connectivity index is 1.91. The summed E-state index contributed by atoms with van der Waals surface area (Å²) in [6.07, 6.45) is 1.02. The molecule has 3 aromatic rings. The molecule has 1 aromatic heterocycles. The Morgan fingerprint density at radius 2 is 1.82 bits per heavy atom. The molecule has 3 rings (SSSR count). The van der Waals surface area contributed by atoms with E-state index in [1.54, 1.807) is 22.8 Å². The number of hydrogen-bond donors (Lipinski definition) is 2. The Bertz CT molecular complexity index is 1230. The van der Waals surface area contributed by atoms with Crippen LogP contribution in [0, 0.1) is 0 Å². The smallest absolute Gasteiger partial charge is 0.308 e. The van der Waals surface area contributed by atoms with Crippen molar-refractivity contribution in [3.8, 4) is 0 Å². The van der Waals surface area contributed by atoms with E-state index in [4.69, 9.17) is 11.6 Å². The quantitative estimate of drug-likeness (QED) is 0.629. The van der Waals surface area contributed by atoms with Crippen LogP contribution in [0.15, 0.2) is 41.2 Å². The lowest BCUT2D eigenvalue weighted by Gasteiger charge is -2.11. The predicted octanol–water partition coefficient (Wildman–Crippen LogP) is 3.92. The number of hydrogen-bond acceptors (Lipinski definition) is 5. The average molecular weight is 440 g/mol. The van der Waals surface area contributed by atoms with Gasteiger partial charge in [0.05, 0.1) is 27.1 Å². The Hall–Kier alpha value is -2.36. The zero-order valence-corrected chi connectivity index (χ0v) is 17.7. The van der Waals surface area contributed by atoms with Crippen molar-refractivity contribution in [3.05, 3.63) is 56.7 Å². The molecule has 0 bridgehead atoms. The first-order chi connectivity index (χ1) is 13.0. The molecule has 148 valence electrons. The van der Waals surface area contributed by atoms with Crippen LogP contribution in [0.25, 0.3) is 10.2 Å². The fourth-order valence-corrected chi connectivity index (χ4v) is 4.59. The fourth-order valence-electron chi connectivity index (χ4n) is 2.78. The van der Waals surface area contributed by atoms with Crippen molar-refractivity contribution in [1.82, 2.24) is 4.57 Å². The second-order valence-corrected chi connectivity index (χ2v) is 9.69. The van der Waals surface area contributed by atoms with Gasteiger partial charge in [0.25, 0.3) is 5.91 Å². The number of sulfonamides is 1. The highest BCUT2D eigenvalue weighted by Gasteiger charge is 2.15. The molecule has 0 aliphatic carbocycles. The van der Waals surface area contributed by atoms with Crippen LogP contribution < -0.4 is 14.9 Å². The molecule has 0 saturated carbocycles. The lowest BCUT2D eigenvalue weighted by atomic mass is 10.2. The molecular formula is C18H18ClN3O4S2. The zero-order valence-electron chi connectivity index (χ0n) is 15.3. The molecule has 1 amide bonds. The summed E-state index contributed by atoms with van der Waals surface area (Å²) in [6, 6.07) is 9.53. The minimum absolute atomic E-state index is 0.0329. The van der Waals surface area contributed by atoms with Gasteiger partial charge in [0.15, 0.2) is 0 Å². The van der Waals surface area contributed by atoms with E-state index in [2.05, 4.69) is 10.0 Å². The number of amides is 1. The van der Waals surface area contributed by atoms with Gasteiger partial charge in [-0.1, -0.05) is 22.9 Å². The van der Waals surface area contributed by atoms with Crippen molar-refractivity contribution in [2.24, 2.45) is 0 Å². The summed E-state index contributed by atoms with van der Waals surface area (Å²) in [5, 5.41) is 2.92. The summed E-state index contributed by atoms with van der Waals surface area (Å²) in [7, 11) is -3.48. The molecule has 0 saturated heterocycles. The fraction of sp³-hybridized carbons (Fsp3) is 0.222. The molecule has 2 N–H and O–H groups in total. The highest BCUT2D eigenvalue weighted by atomic mass is 35.5. The van der Waals surface area contributed by atoms with Gasteiger partial charge in [-0.05, 0) is 50.2 Å². The monoisotopic (exact) mass is 439 g/mol. The van der Waals surface area contributed by atoms with E-state index in [1.807, 2.05) is 13.8 Å². The van der Waals surface area contributed by atoms with Crippen molar-refractivity contribution in [1.29, 1.82) is 0 Å². The molecule has 2 aromatic carbocycles. The first-order valence-electron chi connectivity index (χ1n) is 8.29. The largest absolute Gasteiger partial charge is 0.322 e. The molecule has 7 nitrogen and oxygen atoms in total. The van der Waals surface area contributed by atoms with Crippen LogP contribution >= 0.6 is 22.9 Å². The Morgan fingerprint density at radius 3 is 2.46 bits per heavy atom. The second kappa shape index (κ2) is 7.57. The van der Waals surface area contributed by atoms with E-state index >= 15 is 0 Å². The highest BCUT2D eigenvalue weighted by Crippen LogP contribution is 2.26. The van der Waals surface area contributed by atoms with Crippen LogP contribution in [0.1, 0.15) is 30.2 Å². The van der Waals surface area contributed by atoms with Gasteiger partial charge in [-0.2, -0.15) is 0 Å².